The van der Waals surface area contributed by atoms with Gasteiger partial charge in [-0.05, 0) is 12.0 Å². The van der Waals surface area contributed by atoms with Crippen LogP contribution >= 0.6 is 0 Å². The predicted molar refractivity (Wildman–Crippen MR) is 79.6 cm³/mol. The molecule has 7 heteroatoms. The molecule has 122 valence electrons. The molecule has 1 aliphatic rings. The zero-order chi connectivity index (χ0) is 16.6. The number of hydrogen-bond acceptors (Lipinski definition) is 3. The predicted octanol–water partition coefficient (Wildman–Crippen LogP) is 1.09. The summed E-state index contributed by atoms with van der Waals surface area (Å²) in [6, 6.07) is 7.85. The van der Waals surface area contributed by atoms with Crippen molar-refractivity contribution in [1.29, 1.82) is 0 Å². The first-order valence-electron chi connectivity index (χ1n) is 7.33. The van der Waals surface area contributed by atoms with E-state index in [1.54, 1.807) is 30.3 Å². The number of alkyl halides is 1. The molecule has 3 atom stereocenters. The molecule has 23 heavy (non-hydrogen) atoms. The lowest BCUT2D eigenvalue weighted by Gasteiger charge is -2.39. The van der Waals surface area contributed by atoms with E-state index in [0.717, 1.165) is 15.3 Å². The Hall–Kier alpha value is -2.28. The summed E-state index contributed by atoms with van der Waals surface area (Å²) < 4.78 is 29.6. The van der Waals surface area contributed by atoms with Gasteiger partial charge in [0.05, 0.1) is 18.8 Å². The van der Waals surface area contributed by atoms with Gasteiger partial charge in [0.2, 0.25) is 5.82 Å². The van der Waals surface area contributed by atoms with Gasteiger partial charge >= 0.3 is 5.69 Å². The first-order valence-corrected chi connectivity index (χ1v) is 7.33. The monoisotopic (exact) mass is 322 g/mol. The first-order chi connectivity index (χ1) is 11.0. The Balaban J connectivity index is 2.01. The Morgan fingerprint density at radius 2 is 1.91 bits per heavy atom. The maximum absolute atomic E-state index is 14.0. The third-order valence-electron chi connectivity index (χ3n) is 4.29. The maximum atomic E-state index is 14.0. The number of rotatable bonds is 4. The van der Waals surface area contributed by atoms with Crippen molar-refractivity contribution >= 4 is 0 Å². The van der Waals surface area contributed by atoms with Gasteiger partial charge in [-0.25, -0.2) is 9.18 Å². The van der Waals surface area contributed by atoms with Crippen LogP contribution in [-0.2, 0) is 6.54 Å². The van der Waals surface area contributed by atoms with E-state index in [9.17, 15) is 18.4 Å². The number of halogens is 2. The van der Waals surface area contributed by atoms with Gasteiger partial charge in [0.25, 0.3) is 5.56 Å². The number of aromatic nitrogens is 2. The SMILES string of the molecule is O=c1c(F)cn([C@@H]2C[C@H](CO)C2F)c(=O)n1Cc1ccccc1. The van der Waals surface area contributed by atoms with Crippen molar-refractivity contribution < 1.29 is 13.9 Å². The van der Waals surface area contributed by atoms with Gasteiger partial charge in [-0.2, -0.15) is 4.39 Å². The lowest BCUT2D eigenvalue weighted by Crippen LogP contribution is -2.50. The molecule has 0 saturated heterocycles. The summed E-state index contributed by atoms with van der Waals surface area (Å²) >= 11 is 0. The number of benzene rings is 1. The molecular weight excluding hydrogens is 306 g/mol. The smallest absolute Gasteiger partial charge is 0.331 e. The highest BCUT2D eigenvalue weighted by atomic mass is 19.1. The minimum Gasteiger partial charge on any atom is -0.396 e. The van der Waals surface area contributed by atoms with Crippen molar-refractivity contribution in [3.05, 3.63) is 68.7 Å². The quantitative estimate of drug-likeness (QED) is 0.916. The standard InChI is InChI=1S/C16H16F2N2O3/c17-12-8-19(13-6-11(9-21)14(13)18)16(23)20(15(12)22)7-10-4-2-1-3-5-10/h1-5,8,11,13-14,21H,6-7,9H2/t11-,13-,14?/m1/s1. The molecule has 0 aliphatic heterocycles. The third kappa shape index (κ3) is 2.72. The van der Waals surface area contributed by atoms with Crippen LogP contribution in [0.4, 0.5) is 8.78 Å². The Kier molecular flexibility index (Phi) is 4.12. The van der Waals surface area contributed by atoms with Crippen molar-refractivity contribution in [1.82, 2.24) is 9.13 Å². The van der Waals surface area contributed by atoms with Crippen molar-refractivity contribution in [2.24, 2.45) is 5.92 Å². The number of aliphatic hydroxyl groups is 1. The molecule has 1 fully saturated rings. The largest absolute Gasteiger partial charge is 0.396 e. The number of hydrogen-bond donors (Lipinski definition) is 1. The lowest BCUT2D eigenvalue weighted by molar-refractivity contribution is -0.00140. The van der Waals surface area contributed by atoms with Gasteiger partial charge in [-0.15, -0.1) is 0 Å². The fraction of sp³-hybridized carbons (Fsp3) is 0.375. The summed E-state index contributed by atoms with van der Waals surface area (Å²) in [5, 5.41) is 8.98. The van der Waals surface area contributed by atoms with Gasteiger partial charge in [-0.1, -0.05) is 30.3 Å². The molecule has 0 amide bonds. The highest BCUT2D eigenvalue weighted by Gasteiger charge is 2.43. The molecule has 0 bridgehead atoms. The average Bonchev–Trinajstić information content (AvgIpc) is 2.56. The van der Waals surface area contributed by atoms with Crippen LogP contribution in [0.3, 0.4) is 0 Å². The van der Waals surface area contributed by atoms with Crippen LogP contribution < -0.4 is 11.2 Å². The molecule has 0 spiro atoms. The fourth-order valence-electron chi connectivity index (χ4n) is 2.86. The van der Waals surface area contributed by atoms with E-state index >= 15 is 0 Å². The second kappa shape index (κ2) is 6.08. The Morgan fingerprint density at radius 3 is 2.52 bits per heavy atom. The van der Waals surface area contributed by atoms with Gasteiger partial charge in [0, 0.05) is 12.5 Å². The Labute approximate surface area is 130 Å². The average molecular weight is 322 g/mol. The number of aliphatic hydroxyl groups excluding tert-OH is 1. The fourth-order valence-corrected chi connectivity index (χ4v) is 2.86. The van der Waals surface area contributed by atoms with Gasteiger partial charge in [0.1, 0.15) is 6.17 Å². The van der Waals surface area contributed by atoms with Crippen molar-refractivity contribution in [2.45, 2.75) is 25.2 Å². The van der Waals surface area contributed by atoms with E-state index in [-0.39, 0.29) is 19.6 Å². The topological polar surface area (TPSA) is 64.2 Å². The summed E-state index contributed by atoms with van der Waals surface area (Å²) in [6.45, 7) is -0.401. The van der Waals surface area contributed by atoms with E-state index in [1.807, 2.05) is 0 Å². The lowest BCUT2D eigenvalue weighted by atomic mass is 9.78. The van der Waals surface area contributed by atoms with Crippen LogP contribution in [0, 0.1) is 11.7 Å². The maximum Gasteiger partial charge on any atom is 0.331 e. The van der Waals surface area contributed by atoms with Crippen LogP contribution in [0.15, 0.2) is 46.1 Å². The molecule has 3 rings (SSSR count). The minimum absolute atomic E-state index is 0.0800. The first kappa shape index (κ1) is 15.6. The third-order valence-corrected chi connectivity index (χ3v) is 4.29. The molecule has 1 unspecified atom stereocenters. The zero-order valence-electron chi connectivity index (χ0n) is 12.2. The van der Waals surface area contributed by atoms with Crippen LogP contribution in [0.25, 0.3) is 0 Å². The molecule has 1 aromatic heterocycles. The van der Waals surface area contributed by atoms with Crippen LogP contribution in [-0.4, -0.2) is 27.0 Å². The molecule has 1 aromatic carbocycles. The van der Waals surface area contributed by atoms with E-state index in [0.29, 0.717) is 5.56 Å². The van der Waals surface area contributed by atoms with E-state index < -0.39 is 35.2 Å². The Morgan fingerprint density at radius 1 is 1.22 bits per heavy atom. The van der Waals surface area contributed by atoms with Crippen LogP contribution in [0.2, 0.25) is 0 Å². The van der Waals surface area contributed by atoms with Crippen LogP contribution in [0.1, 0.15) is 18.0 Å². The van der Waals surface area contributed by atoms with E-state index in [1.165, 1.54) is 0 Å². The van der Waals surface area contributed by atoms with Gasteiger partial charge in [0.15, 0.2) is 0 Å². The zero-order valence-corrected chi connectivity index (χ0v) is 12.2. The normalized spacial score (nSPS) is 23.5. The molecule has 1 aliphatic carbocycles. The van der Waals surface area contributed by atoms with E-state index in [4.69, 9.17) is 5.11 Å². The highest BCUT2D eigenvalue weighted by molar-refractivity contribution is 5.15. The molecule has 1 N–H and O–H groups in total. The van der Waals surface area contributed by atoms with Gasteiger partial charge in [-0.3, -0.25) is 13.9 Å². The van der Waals surface area contributed by atoms with Crippen molar-refractivity contribution in [3.63, 3.8) is 0 Å². The van der Waals surface area contributed by atoms with E-state index in [2.05, 4.69) is 0 Å². The second-order valence-electron chi connectivity index (χ2n) is 5.73. The molecular formula is C16H16F2N2O3. The Bertz CT molecular complexity index is 816. The molecule has 1 heterocycles. The minimum atomic E-state index is -1.43. The number of nitrogens with zero attached hydrogens (tertiary/aromatic N) is 2. The molecule has 5 nitrogen and oxygen atoms in total. The summed E-state index contributed by atoms with van der Waals surface area (Å²) in [5.74, 6) is -1.65. The highest BCUT2D eigenvalue weighted by Crippen LogP contribution is 2.39. The molecule has 0 radical (unpaired) electrons. The summed E-state index contributed by atoms with van der Waals surface area (Å²) in [4.78, 5) is 24.4. The van der Waals surface area contributed by atoms with Crippen molar-refractivity contribution in [3.8, 4) is 0 Å². The summed E-state index contributed by atoms with van der Waals surface area (Å²) in [5.41, 5.74) is -1.10. The second-order valence-corrected chi connectivity index (χ2v) is 5.73. The van der Waals surface area contributed by atoms with Crippen molar-refractivity contribution in [2.75, 3.05) is 6.61 Å². The molecule has 1 saturated carbocycles. The van der Waals surface area contributed by atoms with Gasteiger partial charge < -0.3 is 5.11 Å². The summed E-state index contributed by atoms with van der Waals surface area (Å²) in [7, 11) is 0. The van der Waals surface area contributed by atoms with Crippen LogP contribution in [0.5, 0.6) is 0 Å². The molecule has 2 aromatic rings. The summed E-state index contributed by atoms with van der Waals surface area (Å²) in [6.07, 6.45) is -0.433.